The number of aromatic amines is 1. The summed E-state index contributed by atoms with van der Waals surface area (Å²) in [5.74, 6) is -0.0272. The largest absolute Gasteiger partial charge is 0.258 e. The third kappa shape index (κ3) is 2.92. The van der Waals surface area contributed by atoms with Gasteiger partial charge in [0.05, 0.1) is 17.4 Å². The van der Waals surface area contributed by atoms with Gasteiger partial charge >= 0.3 is 0 Å². The second kappa shape index (κ2) is 6.20. The Morgan fingerprint density at radius 2 is 1.86 bits per heavy atom. The van der Waals surface area contributed by atoms with Crippen LogP contribution < -0.4 is 0 Å². The molecular weight excluding hydrogens is 372 g/mol. The van der Waals surface area contributed by atoms with E-state index in [0.717, 1.165) is 52.8 Å². The highest BCUT2D eigenvalue weighted by molar-refractivity contribution is 5.79. The van der Waals surface area contributed by atoms with E-state index in [1.165, 1.54) is 24.5 Å². The number of nitrogens with zero attached hydrogens (tertiary/aromatic N) is 4. The quantitative estimate of drug-likeness (QED) is 0.533. The van der Waals surface area contributed by atoms with Crippen molar-refractivity contribution in [2.24, 2.45) is 0 Å². The van der Waals surface area contributed by atoms with Crippen molar-refractivity contribution in [3.8, 4) is 5.69 Å². The van der Waals surface area contributed by atoms with E-state index in [9.17, 15) is 8.78 Å². The van der Waals surface area contributed by atoms with Crippen LogP contribution in [0.15, 0.2) is 36.5 Å². The molecule has 0 saturated heterocycles. The summed E-state index contributed by atoms with van der Waals surface area (Å²) in [6.07, 6.45) is 6.96. The van der Waals surface area contributed by atoms with Crippen LogP contribution in [-0.2, 0) is 6.42 Å². The molecule has 4 aromatic rings. The lowest BCUT2D eigenvalue weighted by molar-refractivity contribution is 0.583. The summed E-state index contributed by atoms with van der Waals surface area (Å²) in [4.78, 5) is 0. The summed E-state index contributed by atoms with van der Waals surface area (Å²) in [5, 5.41) is 15.7. The number of H-pyrrole nitrogens is 1. The maximum atomic E-state index is 14.4. The van der Waals surface area contributed by atoms with Crippen LogP contribution in [0.1, 0.15) is 59.9 Å². The SMILES string of the molecule is Fc1ccc(F)c(-n2ncc(Cc3cc(C4CC4)c4nn[nH]c4c3)c2C2CC2)c1. The monoisotopic (exact) mass is 391 g/mol. The Morgan fingerprint density at radius 3 is 2.66 bits per heavy atom. The van der Waals surface area contributed by atoms with Gasteiger partial charge in [0, 0.05) is 18.4 Å². The van der Waals surface area contributed by atoms with Gasteiger partial charge in [-0.1, -0.05) is 11.3 Å². The van der Waals surface area contributed by atoms with Gasteiger partial charge in [-0.2, -0.15) is 5.10 Å². The minimum Gasteiger partial charge on any atom is -0.258 e. The molecule has 146 valence electrons. The van der Waals surface area contributed by atoms with Crippen LogP contribution in [-0.4, -0.2) is 25.2 Å². The summed E-state index contributed by atoms with van der Waals surface area (Å²) < 4.78 is 29.7. The zero-order valence-electron chi connectivity index (χ0n) is 15.7. The van der Waals surface area contributed by atoms with Crippen molar-refractivity contribution in [3.05, 3.63) is 70.5 Å². The van der Waals surface area contributed by atoms with Gasteiger partial charge in [-0.25, -0.2) is 13.5 Å². The smallest absolute Gasteiger partial charge is 0.149 e. The number of hydrogen-bond donors (Lipinski definition) is 1. The van der Waals surface area contributed by atoms with Crippen molar-refractivity contribution >= 4 is 11.0 Å². The van der Waals surface area contributed by atoms with Gasteiger partial charge in [-0.15, -0.1) is 5.10 Å². The summed E-state index contributed by atoms with van der Waals surface area (Å²) >= 11 is 0. The summed E-state index contributed by atoms with van der Waals surface area (Å²) in [6.45, 7) is 0. The average Bonchev–Trinajstić information content (AvgIpc) is 3.64. The van der Waals surface area contributed by atoms with Gasteiger partial charge in [-0.05, 0) is 66.5 Å². The Labute approximate surface area is 165 Å². The molecule has 29 heavy (non-hydrogen) atoms. The molecule has 0 amide bonds. The highest BCUT2D eigenvalue weighted by Crippen LogP contribution is 2.45. The molecule has 0 spiro atoms. The van der Waals surface area contributed by atoms with Gasteiger partial charge in [0.15, 0.2) is 0 Å². The molecule has 0 atom stereocenters. The zero-order valence-corrected chi connectivity index (χ0v) is 15.7. The number of benzene rings is 2. The van der Waals surface area contributed by atoms with Gasteiger partial charge in [0.1, 0.15) is 22.8 Å². The topological polar surface area (TPSA) is 59.4 Å². The number of halogens is 2. The lowest BCUT2D eigenvalue weighted by Gasteiger charge is -2.11. The molecule has 6 rings (SSSR count). The first-order chi connectivity index (χ1) is 14.2. The fraction of sp³-hybridized carbons (Fsp3) is 0.318. The fourth-order valence-electron chi connectivity index (χ4n) is 4.23. The van der Waals surface area contributed by atoms with E-state index in [1.54, 1.807) is 10.9 Å². The van der Waals surface area contributed by atoms with Crippen molar-refractivity contribution in [2.75, 3.05) is 0 Å². The van der Waals surface area contributed by atoms with Gasteiger partial charge < -0.3 is 0 Å². The lowest BCUT2D eigenvalue weighted by Crippen LogP contribution is -2.06. The molecule has 2 fully saturated rings. The molecule has 2 aromatic heterocycles. The van der Waals surface area contributed by atoms with Crippen molar-refractivity contribution in [1.82, 2.24) is 25.2 Å². The number of hydrogen-bond acceptors (Lipinski definition) is 3. The molecule has 5 nitrogen and oxygen atoms in total. The number of fused-ring (bicyclic) bond motifs is 1. The first kappa shape index (κ1) is 16.8. The first-order valence-corrected chi connectivity index (χ1v) is 10.0. The molecule has 2 aromatic carbocycles. The third-order valence-electron chi connectivity index (χ3n) is 5.92. The maximum absolute atomic E-state index is 14.4. The predicted octanol–water partition coefficient (Wildman–Crippen LogP) is 4.77. The predicted molar refractivity (Wildman–Crippen MR) is 104 cm³/mol. The first-order valence-electron chi connectivity index (χ1n) is 10.0. The number of nitrogens with one attached hydrogen (secondary N) is 1. The minimum atomic E-state index is -0.469. The Bertz CT molecular complexity index is 1230. The third-order valence-corrected chi connectivity index (χ3v) is 5.92. The number of aromatic nitrogens is 5. The fourth-order valence-corrected chi connectivity index (χ4v) is 4.23. The van der Waals surface area contributed by atoms with Crippen LogP contribution in [0.2, 0.25) is 0 Å². The van der Waals surface area contributed by atoms with E-state index in [1.807, 2.05) is 0 Å². The maximum Gasteiger partial charge on any atom is 0.149 e. The summed E-state index contributed by atoms with van der Waals surface area (Å²) in [6, 6.07) is 7.81. The highest BCUT2D eigenvalue weighted by Gasteiger charge is 2.32. The standard InChI is InChI=1S/C22H19F2N5/c23-16-5-6-18(24)20(10-16)29-22(14-3-4-14)15(11-25-29)7-12-8-17(13-1-2-13)21-19(9-12)26-28-27-21/h5-6,8-11,13-14H,1-4,7H2,(H,26,27,28). The molecule has 1 N–H and O–H groups in total. The van der Waals surface area contributed by atoms with E-state index in [0.29, 0.717) is 18.3 Å². The molecule has 2 aliphatic rings. The summed E-state index contributed by atoms with van der Waals surface area (Å²) in [7, 11) is 0. The lowest BCUT2D eigenvalue weighted by atomic mass is 9.98. The van der Waals surface area contributed by atoms with E-state index in [4.69, 9.17) is 0 Å². The Kier molecular flexibility index (Phi) is 3.60. The molecule has 2 saturated carbocycles. The zero-order chi connectivity index (χ0) is 19.5. The van der Waals surface area contributed by atoms with Crippen molar-refractivity contribution in [2.45, 2.75) is 43.9 Å². The molecular formula is C22H19F2N5. The second-order valence-electron chi connectivity index (χ2n) is 8.18. The van der Waals surface area contributed by atoms with Crippen LogP contribution >= 0.6 is 0 Å². The van der Waals surface area contributed by atoms with Gasteiger partial charge in [-0.3, -0.25) is 5.10 Å². The average molecular weight is 391 g/mol. The molecule has 2 heterocycles. The van der Waals surface area contributed by atoms with Gasteiger partial charge in [0.2, 0.25) is 0 Å². The normalized spacial score (nSPS) is 16.6. The molecule has 0 aliphatic heterocycles. The van der Waals surface area contributed by atoms with Crippen LogP contribution in [0.3, 0.4) is 0 Å². The molecule has 0 radical (unpaired) electrons. The Hall–Kier alpha value is -3.09. The minimum absolute atomic E-state index is 0.171. The van der Waals surface area contributed by atoms with E-state index < -0.39 is 11.6 Å². The molecule has 2 aliphatic carbocycles. The van der Waals surface area contributed by atoms with Crippen LogP contribution in [0.5, 0.6) is 0 Å². The van der Waals surface area contributed by atoms with Crippen molar-refractivity contribution in [1.29, 1.82) is 0 Å². The Balaban J connectivity index is 1.43. The summed E-state index contributed by atoms with van der Waals surface area (Å²) in [5.41, 5.74) is 6.53. The number of rotatable bonds is 5. The molecule has 0 unspecified atom stereocenters. The van der Waals surface area contributed by atoms with E-state index in [-0.39, 0.29) is 5.69 Å². The van der Waals surface area contributed by atoms with Crippen LogP contribution in [0.25, 0.3) is 16.7 Å². The second-order valence-corrected chi connectivity index (χ2v) is 8.18. The molecule has 7 heteroatoms. The van der Waals surface area contributed by atoms with Crippen LogP contribution in [0.4, 0.5) is 8.78 Å². The molecule has 0 bridgehead atoms. The van der Waals surface area contributed by atoms with Gasteiger partial charge in [0.25, 0.3) is 0 Å². The Morgan fingerprint density at radius 1 is 1.03 bits per heavy atom. The van der Waals surface area contributed by atoms with E-state index >= 15 is 0 Å². The van der Waals surface area contributed by atoms with Crippen molar-refractivity contribution in [3.63, 3.8) is 0 Å². The van der Waals surface area contributed by atoms with E-state index in [2.05, 4.69) is 32.6 Å². The van der Waals surface area contributed by atoms with Crippen molar-refractivity contribution < 1.29 is 8.78 Å². The highest BCUT2D eigenvalue weighted by atomic mass is 19.1. The van der Waals surface area contributed by atoms with Crippen LogP contribution in [0, 0.1) is 11.6 Å².